The molecule has 4 rings (SSSR count). The van der Waals surface area contributed by atoms with Crippen LogP contribution in [0.1, 0.15) is 44.9 Å². The largest absolute Gasteiger partial charge is 0.463 e. The van der Waals surface area contributed by atoms with Gasteiger partial charge in [0.25, 0.3) is 5.56 Å². The minimum Gasteiger partial charge on any atom is -0.463 e. The number of hydrogen-bond acceptors (Lipinski definition) is 6. The Bertz CT molecular complexity index is 1380. The van der Waals surface area contributed by atoms with Gasteiger partial charge in [0, 0.05) is 18.8 Å². The molecule has 2 aromatic carbocycles. The second kappa shape index (κ2) is 10.2. The van der Waals surface area contributed by atoms with Gasteiger partial charge in [-0.2, -0.15) is 0 Å². The molecule has 34 heavy (non-hydrogen) atoms. The summed E-state index contributed by atoms with van der Waals surface area (Å²) in [5.74, 6) is -0.445. The molecule has 0 N–H and O–H groups in total. The lowest BCUT2D eigenvalue weighted by Crippen LogP contribution is -2.39. The van der Waals surface area contributed by atoms with Gasteiger partial charge < -0.3 is 9.64 Å². The van der Waals surface area contributed by atoms with E-state index in [0.717, 1.165) is 29.9 Å². The van der Waals surface area contributed by atoms with Crippen molar-refractivity contribution < 1.29 is 9.53 Å². The third kappa shape index (κ3) is 4.48. The number of nitrogens with zero attached hydrogens (tertiary/aromatic N) is 3. The van der Waals surface area contributed by atoms with E-state index in [0.29, 0.717) is 20.6 Å². The fraction of sp³-hybridized carbons (Fsp3) is 0.296. The molecular formula is C27H29N3O3S. The number of carbonyl (C=O) groups excluding carboxylic acids is 1. The van der Waals surface area contributed by atoms with Gasteiger partial charge in [0.05, 0.1) is 28.5 Å². The Kier molecular flexibility index (Phi) is 7.12. The van der Waals surface area contributed by atoms with E-state index in [2.05, 4.69) is 35.9 Å². The second-order valence-corrected chi connectivity index (χ2v) is 8.99. The summed E-state index contributed by atoms with van der Waals surface area (Å²) < 4.78 is 7.53. The zero-order valence-corrected chi connectivity index (χ0v) is 20.8. The molecule has 1 aromatic heterocycles. The predicted molar refractivity (Wildman–Crippen MR) is 137 cm³/mol. The molecule has 0 fully saturated rings. The van der Waals surface area contributed by atoms with E-state index in [-0.39, 0.29) is 12.2 Å². The highest BCUT2D eigenvalue weighted by molar-refractivity contribution is 7.07. The van der Waals surface area contributed by atoms with Crippen LogP contribution in [0.2, 0.25) is 0 Å². The zero-order valence-electron chi connectivity index (χ0n) is 19.9. The molecule has 176 valence electrons. The maximum absolute atomic E-state index is 13.6. The maximum atomic E-state index is 13.6. The maximum Gasteiger partial charge on any atom is 0.338 e. The first-order valence-corrected chi connectivity index (χ1v) is 12.4. The Morgan fingerprint density at radius 3 is 2.38 bits per heavy atom. The molecule has 0 aliphatic carbocycles. The van der Waals surface area contributed by atoms with Crippen LogP contribution >= 0.6 is 11.3 Å². The molecule has 0 spiro atoms. The van der Waals surface area contributed by atoms with Gasteiger partial charge in [0.1, 0.15) is 0 Å². The van der Waals surface area contributed by atoms with Crippen molar-refractivity contribution in [1.82, 2.24) is 4.57 Å². The standard InChI is InChI=1S/C27H29N3O3S/c1-5-29(6-2)21-15-13-19(14-16-21)17-22-25(31)30-24(20-11-9-8-10-12-20)23(26(32)33-7-3)18(4)28-27(30)34-22/h8-17,24H,5-7H2,1-4H3/b22-17+. The van der Waals surface area contributed by atoms with Crippen molar-refractivity contribution in [3.8, 4) is 0 Å². The highest BCUT2D eigenvalue weighted by atomic mass is 32.1. The quantitative estimate of drug-likeness (QED) is 0.490. The minimum atomic E-state index is -0.580. The molecule has 1 aliphatic rings. The van der Waals surface area contributed by atoms with Gasteiger partial charge in [-0.05, 0) is 57.0 Å². The lowest BCUT2D eigenvalue weighted by atomic mass is 9.96. The first kappa shape index (κ1) is 23.7. The van der Waals surface area contributed by atoms with Crippen LogP contribution in [0.3, 0.4) is 0 Å². The molecule has 0 saturated carbocycles. The number of aromatic nitrogens is 1. The number of benzene rings is 2. The van der Waals surface area contributed by atoms with Crippen molar-refractivity contribution in [3.63, 3.8) is 0 Å². The molecule has 6 nitrogen and oxygen atoms in total. The monoisotopic (exact) mass is 475 g/mol. The zero-order chi connectivity index (χ0) is 24.2. The number of hydrogen-bond donors (Lipinski definition) is 0. The summed E-state index contributed by atoms with van der Waals surface area (Å²) in [6, 6.07) is 17.2. The van der Waals surface area contributed by atoms with E-state index in [1.165, 1.54) is 11.3 Å². The Hall–Kier alpha value is -3.45. The van der Waals surface area contributed by atoms with E-state index < -0.39 is 12.0 Å². The summed E-state index contributed by atoms with van der Waals surface area (Å²) in [6.07, 6.45) is 1.89. The van der Waals surface area contributed by atoms with Crippen molar-refractivity contribution >= 4 is 29.1 Å². The summed E-state index contributed by atoms with van der Waals surface area (Å²) in [6.45, 7) is 9.97. The minimum absolute atomic E-state index is 0.167. The first-order valence-electron chi connectivity index (χ1n) is 11.6. The Morgan fingerprint density at radius 2 is 1.76 bits per heavy atom. The van der Waals surface area contributed by atoms with Crippen LogP contribution in [0, 0.1) is 0 Å². The molecule has 0 amide bonds. The first-order chi connectivity index (χ1) is 16.5. The normalized spacial score (nSPS) is 15.6. The summed E-state index contributed by atoms with van der Waals surface area (Å²) in [5, 5.41) is 0. The van der Waals surface area contributed by atoms with Crippen molar-refractivity contribution in [2.24, 2.45) is 4.99 Å². The fourth-order valence-corrected chi connectivity index (χ4v) is 5.31. The Labute approximate surface area is 203 Å². The van der Waals surface area contributed by atoms with Gasteiger partial charge in [-0.3, -0.25) is 9.36 Å². The van der Waals surface area contributed by atoms with Crippen LogP contribution in [0.4, 0.5) is 5.69 Å². The van der Waals surface area contributed by atoms with Crippen LogP contribution in [0.25, 0.3) is 6.08 Å². The average Bonchev–Trinajstić information content (AvgIpc) is 3.15. The smallest absolute Gasteiger partial charge is 0.338 e. The Morgan fingerprint density at radius 1 is 1.09 bits per heavy atom. The van der Waals surface area contributed by atoms with Crippen molar-refractivity contribution in [2.75, 3.05) is 24.6 Å². The summed E-state index contributed by atoms with van der Waals surface area (Å²) in [7, 11) is 0. The number of fused-ring (bicyclic) bond motifs is 1. The van der Waals surface area contributed by atoms with Crippen molar-refractivity contribution in [1.29, 1.82) is 0 Å². The summed E-state index contributed by atoms with van der Waals surface area (Å²) in [5.41, 5.74) is 3.75. The summed E-state index contributed by atoms with van der Waals surface area (Å²) in [4.78, 5) is 34.0. The van der Waals surface area contributed by atoms with Crippen LogP contribution in [-0.2, 0) is 9.53 Å². The van der Waals surface area contributed by atoms with Gasteiger partial charge in [-0.25, -0.2) is 9.79 Å². The van der Waals surface area contributed by atoms with Crippen LogP contribution in [0.15, 0.2) is 75.7 Å². The molecule has 0 radical (unpaired) electrons. The van der Waals surface area contributed by atoms with Crippen LogP contribution in [-0.4, -0.2) is 30.2 Å². The topological polar surface area (TPSA) is 63.9 Å². The number of thiazole rings is 1. The van der Waals surface area contributed by atoms with Gasteiger partial charge in [0.2, 0.25) is 0 Å². The van der Waals surface area contributed by atoms with E-state index in [1.54, 1.807) is 18.4 Å². The average molecular weight is 476 g/mol. The number of ether oxygens (including phenoxy) is 1. The number of carbonyl (C=O) groups is 1. The molecule has 0 bridgehead atoms. The van der Waals surface area contributed by atoms with E-state index in [4.69, 9.17) is 4.74 Å². The number of rotatable bonds is 7. The van der Waals surface area contributed by atoms with Gasteiger partial charge in [0.15, 0.2) is 4.80 Å². The molecule has 1 atom stereocenters. The molecular weight excluding hydrogens is 446 g/mol. The lowest BCUT2D eigenvalue weighted by molar-refractivity contribution is -0.139. The third-order valence-electron chi connectivity index (χ3n) is 5.95. The van der Waals surface area contributed by atoms with E-state index >= 15 is 0 Å². The van der Waals surface area contributed by atoms with Crippen LogP contribution < -0.4 is 19.8 Å². The molecule has 1 aliphatic heterocycles. The molecule has 1 unspecified atom stereocenters. The fourth-order valence-electron chi connectivity index (χ4n) is 4.26. The second-order valence-electron chi connectivity index (χ2n) is 7.98. The van der Waals surface area contributed by atoms with Gasteiger partial charge in [-0.15, -0.1) is 0 Å². The SMILES string of the molecule is CCOC(=O)C1=C(C)N=c2s/c(=C/c3ccc(N(CC)CC)cc3)c(=O)n2C1c1ccccc1. The predicted octanol–water partition coefficient (Wildman–Crippen LogP) is 3.64. The highest BCUT2D eigenvalue weighted by Crippen LogP contribution is 2.30. The van der Waals surface area contributed by atoms with E-state index in [1.807, 2.05) is 48.5 Å². The van der Waals surface area contributed by atoms with Crippen molar-refractivity contribution in [2.45, 2.75) is 33.7 Å². The molecule has 2 heterocycles. The van der Waals surface area contributed by atoms with Crippen molar-refractivity contribution in [3.05, 3.63) is 96.7 Å². The molecule has 7 heteroatoms. The number of esters is 1. The van der Waals surface area contributed by atoms with Gasteiger partial charge >= 0.3 is 5.97 Å². The van der Waals surface area contributed by atoms with Crippen LogP contribution in [0.5, 0.6) is 0 Å². The van der Waals surface area contributed by atoms with Gasteiger partial charge in [-0.1, -0.05) is 53.8 Å². The summed E-state index contributed by atoms with van der Waals surface area (Å²) >= 11 is 1.34. The lowest BCUT2D eigenvalue weighted by Gasteiger charge is -2.24. The van der Waals surface area contributed by atoms with E-state index in [9.17, 15) is 9.59 Å². The Balaban J connectivity index is 1.84. The highest BCUT2D eigenvalue weighted by Gasteiger charge is 2.33. The third-order valence-corrected chi connectivity index (χ3v) is 6.93. The number of allylic oxidation sites excluding steroid dienone is 1. The molecule has 3 aromatic rings. The number of anilines is 1. The molecule has 0 saturated heterocycles.